The van der Waals surface area contributed by atoms with Crippen LogP contribution < -0.4 is 26.6 Å². The Morgan fingerprint density at radius 2 is 0.979 bits per heavy atom. The molecule has 0 aromatic heterocycles. The van der Waals surface area contributed by atoms with E-state index in [4.69, 9.17) is 9.47 Å². The molecule has 1 saturated heterocycles. The van der Waals surface area contributed by atoms with Crippen LogP contribution in [0.5, 0.6) is 0 Å². The molecule has 0 saturated carbocycles. The van der Waals surface area contributed by atoms with Crippen LogP contribution in [0.2, 0.25) is 0 Å². The molecule has 1 unspecified atom stereocenters. The van der Waals surface area contributed by atoms with E-state index < -0.39 is 94.7 Å². The number of likely N-dealkylation sites (tertiary alicyclic amines) is 1. The Hall–Kier alpha value is -9.07. The maximum absolute atomic E-state index is 15.3. The number of carbonyl (C=O) groups is 9. The SMILES string of the molecule is C[C@@H](C(=O)NC(C(=O)N1C[C@@H](NC(=O)c2ccc(CCc3ccc(C[C@H](NC(=O)[C@H](C)N(C)C(=O)OC(C)(C)C)C(=O)N4Cc5ccccc5C[C@H]4C(=O)N[C@@H]4CCCc5ccccc54)cc3)cc2)C[C@H]1C(=O)N[C@@H]1CCCc2ccccc21)C(C)(C)C)N(C)C(=O)OC(C)(C)C. The highest BCUT2D eigenvalue weighted by Crippen LogP contribution is 2.34. The molecule has 9 amide bonds. The number of benzene rings is 5. The Kier molecular flexibility index (Phi) is 22.7. The van der Waals surface area contributed by atoms with E-state index in [1.807, 2.05) is 112 Å². The topological polar surface area (TPSA) is 245 Å². The summed E-state index contributed by atoms with van der Waals surface area (Å²) in [6.45, 7) is 19.1. The number of likely N-dealkylation sites (N-methyl/N-ethyl adjacent to an activating group) is 2. The molecule has 97 heavy (non-hydrogen) atoms. The number of amides is 9. The van der Waals surface area contributed by atoms with Gasteiger partial charge in [-0.2, -0.15) is 0 Å². The number of ether oxygens (including phenoxy) is 2. The zero-order valence-corrected chi connectivity index (χ0v) is 58.7. The molecule has 9 atom stereocenters. The average molecular weight is 1330 g/mol. The number of carbonyl (C=O) groups excluding carboxylic acids is 9. The summed E-state index contributed by atoms with van der Waals surface area (Å²) in [5.74, 6) is -3.09. The second-order valence-corrected chi connectivity index (χ2v) is 29.8. The van der Waals surface area contributed by atoms with Gasteiger partial charge >= 0.3 is 12.2 Å². The minimum atomic E-state index is -1.13. The van der Waals surface area contributed by atoms with Crippen molar-refractivity contribution in [3.8, 4) is 0 Å². The minimum absolute atomic E-state index is 0.00197. The van der Waals surface area contributed by atoms with Gasteiger partial charge in [0.15, 0.2) is 0 Å². The fraction of sp³-hybridized carbons (Fsp3) is 0.494. The summed E-state index contributed by atoms with van der Waals surface area (Å²) < 4.78 is 11.1. The van der Waals surface area contributed by atoms with Crippen molar-refractivity contribution in [2.45, 2.75) is 219 Å². The fourth-order valence-corrected chi connectivity index (χ4v) is 13.3. The highest BCUT2D eigenvalue weighted by atomic mass is 16.6. The summed E-state index contributed by atoms with van der Waals surface area (Å²) in [6.07, 6.45) is 5.46. The molecule has 20 nitrogen and oxygen atoms in total. The summed E-state index contributed by atoms with van der Waals surface area (Å²) in [5.41, 5.74) is 6.99. The third-order valence-corrected chi connectivity index (χ3v) is 19.1. The first-order valence-corrected chi connectivity index (χ1v) is 34.3. The van der Waals surface area contributed by atoms with Gasteiger partial charge in [-0.15, -0.1) is 0 Å². The van der Waals surface area contributed by atoms with Crippen LogP contribution in [-0.2, 0) is 83.3 Å². The van der Waals surface area contributed by atoms with Crippen LogP contribution >= 0.6 is 0 Å². The Labute approximate surface area is 571 Å². The maximum Gasteiger partial charge on any atom is 0.410 e. The minimum Gasteiger partial charge on any atom is -0.444 e. The third-order valence-electron chi connectivity index (χ3n) is 19.1. The number of rotatable bonds is 19. The van der Waals surface area contributed by atoms with E-state index in [2.05, 4.69) is 44.8 Å². The molecule has 0 spiro atoms. The Bertz CT molecular complexity index is 3700. The molecule has 20 heteroatoms. The number of hydrogen-bond donors (Lipinski definition) is 5. The van der Waals surface area contributed by atoms with Crippen LogP contribution in [0.15, 0.2) is 121 Å². The first-order chi connectivity index (χ1) is 45.8. The largest absolute Gasteiger partial charge is 0.444 e. The first-order valence-electron chi connectivity index (χ1n) is 34.3. The molecular weight excluding hydrogens is 1230 g/mol. The molecule has 5 aromatic rings. The first kappa shape index (κ1) is 72.2. The summed E-state index contributed by atoms with van der Waals surface area (Å²) >= 11 is 0. The second-order valence-electron chi connectivity index (χ2n) is 29.8. The molecule has 2 aliphatic carbocycles. The van der Waals surface area contributed by atoms with Gasteiger partial charge in [0.1, 0.15) is 47.5 Å². The van der Waals surface area contributed by atoms with Crippen molar-refractivity contribution in [3.63, 3.8) is 0 Å². The molecule has 5 N–H and O–H groups in total. The van der Waals surface area contributed by atoms with E-state index in [0.717, 1.165) is 83.0 Å². The zero-order chi connectivity index (χ0) is 70.3. The lowest BCUT2D eigenvalue weighted by Gasteiger charge is -2.39. The van der Waals surface area contributed by atoms with Crippen LogP contribution in [-0.4, -0.2) is 147 Å². The van der Waals surface area contributed by atoms with E-state index in [0.29, 0.717) is 18.4 Å². The fourth-order valence-electron chi connectivity index (χ4n) is 13.3. The number of fused-ring (bicyclic) bond motifs is 3. The van der Waals surface area contributed by atoms with Gasteiger partial charge in [0.05, 0.1) is 12.1 Å². The molecule has 518 valence electrons. The van der Waals surface area contributed by atoms with Crippen molar-refractivity contribution in [2.24, 2.45) is 5.41 Å². The number of hydrogen-bond acceptors (Lipinski definition) is 11. The molecule has 1 fully saturated rings. The Balaban J connectivity index is 0.875. The van der Waals surface area contributed by atoms with Gasteiger partial charge < -0.3 is 45.9 Å². The summed E-state index contributed by atoms with van der Waals surface area (Å²) in [5, 5.41) is 15.6. The lowest BCUT2D eigenvalue weighted by molar-refractivity contribution is -0.145. The van der Waals surface area contributed by atoms with Crippen LogP contribution in [0.4, 0.5) is 9.59 Å². The normalized spacial score (nSPS) is 19.6. The molecule has 2 heterocycles. The van der Waals surface area contributed by atoms with E-state index in [9.17, 15) is 33.6 Å². The highest BCUT2D eigenvalue weighted by Gasteiger charge is 2.47. The predicted octanol–water partition coefficient (Wildman–Crippen LogP) is 9.58. The van der Waals surface area contributed by atoms with E-state index in [1.54, 1.807) is 72.4 Å². The molecule has 9 rings (SSSR count). The molecule has 5 aromatic carbocycles. The van der Waals surface area contributed by atoms with Gasteiger partial charge in [0.25, 0.3) is 5.91 Å². The van der Waals surface area contributed by atoms with Crippen molar-refractivity contribution in [1.29, 1.82) is 0 Å². The van der Waals surface area contributed by atoms with Gasteiger partial charge in [0, 0.05) is 51.6 Å². The summed E-state index contributed by atoms with van der Waals surface area (Å²) in [6, 6.07) is 31.8. The number of aryl methyl sites for hydroxylation is 4. The quantitative estimate of drug-likeness (QED) is 0.0521. The lowest BCUT2D eigenvalue weighted by Crippen LogP contribution is -2.60. The summed E-state index contributed by atoms with van der Waals surface area (Å²) in [4.78, 5) is 134. The van der Waals surface area contributed by atoms with Crippen LogP contribution in [0.3, 0.4) is 0 Å². The maximum atomic E-state index is 15.3. The molecule has 4 aliphatic rings. The van der Waals surface area contributed by atoms with Crippen molar-refractivity contribution in [1.82, 2.24) is 46.2 Å². The molecular formula is C77H99N9O11. The van der Waals surface area contributed by atoms with Gasteiger partial charge in [-0.1, -0.05) is 130 Å². The van der Waals surface area contributed by atoms with Gasteiger partial charge in [0.2, 0.25) is 35.4 Å². The van der Waals surface area contributed by atoms with Crippen molar-refractivity contribution in [3.05, 3.63) is 177 Å². The predicted molar refractivity (Wildman–Crippen MR) is 371 cm³/mol. The standard InChI is InChI=1S/C77H99N9O11/c1-47(83(12)73(94)96-76(6,7)8)66(87)81-62(71(92)85-45-56-25-15-14-24-55(56)43-63(85)69(90)79-60-30-20-26-52-22-16-18-28-58(52)60)42-51-36-34-49(35-37-51)32-33-50-38-40-54(41-39-50)68(89)78-57-44-64(70(91)80-61-31-21-27-53-23-17-19-29-59(53)61)86(46-57)72(93)65(75(3,4)5)82-67(88)48(2)84(13)74(95)97-77(9,10)11/h14-19,22-25,28-29,34-41,47-48,57,60-65H,20-21,26-27,30-33,42-46H2,1-13H3,(H,78,89)(H,79,90)(H,80,91)(H,81,87)(H,82,88)/t47-,48-,57-,60+,61+,62-,63-,64-,65?/m0/s1. The third kappa shape index (κ3) is 18.3. The second kappa shape index (κ2) is 30.6. The van der Waals surface area contributed by atoms with E-state index in [1.165, 1.54) is 34.4 Å². The smallest absolute Gasteiger partial charge is 0.410 e. The summed E-state index contributed by atoms with van der Waals surface area (Å²) in [7, 11) is 2.94. The van der Waals surface area contributed by atoms with E-state index >= 15 is 9.59 Å². The number of nitrogens with one attached hydrogen (secondary N) is 5. The number of nitrogens with zero attached hydrogens (tertiary/aromatic N) is 4. The zero-order valence-electron chi connectivity index (χ0n) is 58.7. The van der Waals surface area contributed by atoms with Crippen LogP contribution in [0.25, 0.3) is 0 Å². The van der Waals surface area contributed by atoms with Crippen LogP contribution in [0, 0.1) is 5.41 Å². The van der Waals surface area contributed by atoms with Crippen molar-refractivity contribution < 1.29 is 52.6 Å². The monoisotopic (exact) mass is 1330 g/mol. The van der Waals surface area contributed by atoms with Crippen molar-refractivity contribution in [2.75, 3.05) is 20.6 Å². The van der Waals surface area contributed by atoms with E-state index in [-0.39, 0.29) is 62.2 Å². The van der Waals surface area contributed by atoms with Gasteiger partial charge in [-0.3, -0.25) is 43.4 Å². The lowest BCUT2D eigenvalue weighted by atomic mass is 9.85. The molecule has 0 bridgehead atoms. The Morgan fingerprint density at radius 1 is 0.526 bits per heavy atom. The highest BCUT2D eigenvalue weighted by molar-refractivity contribution is 5.97. The van der Waals surface area contributed by atoms with Gasteiger partial charge in [-0.05, 0) is 181 Å². The Morgan fingerprint density at radius 3 is 1.48 bits per heavy atom. The van der Waals surface area contributed by atoms with Crippen molar-refractivity contribution >= 4 is 53.5 Å². The molecule has 0 radical (unpaired) electrons. The average Bonchev–Trinajstić information content (AvgIpc) is 1.65. The molecule has 2 aliphatic heterocycles. The van der Waals surface area contributed by atoms with Gasteiger partial charge in [-0.25, -0.2) is 9.59 Å². The van der Waals surface area contributed by atoms with Crippen LogP contribution in [0.1, 0.15) is 181 Å².